The van der Waals surface area contributed by atoms with E-state index in [0.29, 0.717) is 6.42 Å². The molecule has 3 nitrogen and oxygen atoms in total. The fraction of sp³-hybridized carbons (Fsp3) is 0.667. The molecule has 0 fully saturated rings. The molecule has 0 amide bonds. The highest BCUT2D eigenvalue weighted by Crippen LogP contribution is 2.18. The fourth-order valence-corrected chi connectivity index (χ4v) is 0.978. The number of nitrogens with two attached hydrogens (primary N) is 1. The van der Waals surface area contributed by atoms with Gasteiger partial charge in [0.2, 0.25) is 0 Å². The summed E-state index contributed by atoms with van der Waals surface area (Å²) in [7, 11) is 0. The Labute approximate surface area is 53.8 Å². The van der Waals surface area contributed by atoms with Gasteiger partial charge >= 0.3 is 0 Å². The second kappa shape index (κ2) is 2.47. The zero-order valence-corrected chi connectivity index (χ0v) is 5.07. The van der Waals surface area contributed by atoms with Crippen molar-refractivity contribution in [3.05, 3.63) is 12.2 Å². The summed E-state index contributed by atoms with van der Waals surface area (Å²) in [6, 6.07) is 0.0109. The first-order chi connectivity index (χ1) is 4.20. The Morgan fingerprint density at radius 1 is 1.44 bits per heavy atom. The average molecular weight is 129 g/mol. The third kappa shape index (κ3) is 1.51. The lowest BCUT2D eigenvalue weighted by Gasteiger charge is -2.09. The first-order valence-corrected chi connectivity index (χ1v) is 3.00. The molecule has 0 aromatic rings. The van der Waals surface area contributed by atoms with Crippen LogP contribution in [0.5, 0.6) is 0 Å². The van der Waals surface area contributed by atoms with Crippen molar-refractivity contribution in [1.29, 1.82) is 0 Å². The summed E-state index contributed by atoms with van der Waals surface area (Å²) in [4.78, 5) is 0. The van der Waals surface area contributed by atoms with Gasteiger partial charge in [0.05, 0.1) is 0 Å². The average Bonchev–Trinajstić information content (AvgIpc) is 2.14. The third-order valence-electron chi connectivity index (χ3n) is 1.53. The molecule has 4 N–H and O–H groups in total. The minimum absolute atomic E-state index is 0.0109. The van der Waals surface area contributed by atoms with Crippen LogP contribution in [0.2, 0.25) is 0 Å². The van der Waals surface area contributed by atoms with Crippen molar-refractivity contribution in [1.82, 2.24) is 0 Å². The topological polar surface area (TPSA) is 66.5 Å². The summed E-state index contributed by atoms with van der Waals surface area (Å²) in [5, 5.41) is 17.2. The van der Waals surface area contributed by atoms with E-state index >= 15 is 0 Å². The normalized spacial score (nSPS) is 34.2. The number of rotatable bonds is 1. The zero-order chi connectivity index (χ0) is 6.85. The van der Waals surface area contributed by atoms with Crippen LogP contribution in [0.1, 0.15) is 6.42 Å². The molecule has 2 atom stereocenters. The van der Waals surface area contributed by atoms with Crippen LogP contribution in [0, 0.1) is 5.92 Å². The molecular weight excluding hydrogens is 118 g/mol. The molecule has 0 saturated carbocycles. The van der Waals surface area contributed by atoms with Gasteiger partial charge in [0.15, 0.2) is 6.29 Å². The second-order valence-corrected chi connectivity index (χ2v) is 2.36. The number of hydrogen-bond acceptors (Lipinski definition) is 3. The van der Waals surface area contributed by atoms with Gasteiger partial charge in [0.1, 0.15) is 0 Å². The van der Waals surface area contributed by atoms with Gasteiger partial charge in [0.25, 0.3) is 0 Å². The van der Waals surface area contributed by atoms with Crippen LogP contribution in [0.3, 0.4) is 0 Å². The van der Waals surface area contributed by atoms with Gasteiger partial charge in [-0.1, -0.05) is 12.2 Å². The zero-order valence-electron chi connectivity index (χ0n) is 5.07. The van der Waals surface area contributed by atoms with Gasteiger partial charge in [-0.2, -0.15) is 0 Å². The smallest absolute Gasteiger partial charge is 0.157 e. The fourth-order valence-electron chi connectivity index (χ4n) is 0.978. The quantitative estimate of drug-likeness (QED) is 0.321. The molecule has 1 aliphatic rings. The van der Waals surface area contributed by atoms with Crippen molar-refractivity contribution in [2.75, 3.05) is 0 Å². The molecule has 0 unspecified atom stereocenters. The first kappa shape index (κ1) is 6.74. The Hall–Kier alpha value is -0.380. The predicted molar refractivity (Wildman–Crippen MR) is 33.4 cm³/mol. The van der Waals surface area contributed by atoms with Crippen LogP contribution in [-0.2, 0) is 0 Å². The van der Waals surface area contributed by atoms with Crippen molar-refractivity contribution in [2.24, 2.45) is 11.7 Å². The second-order valence-electron chi connectivity index (χ2n) is 2.36. The summed E-state index contributed by atoms with van der Waals surface area (Å²) in [5.41, 5.74) is 5.45. The molecule has 0 heterocycles. The molecular formula is C6H11NO2. The lowest BCUT2D eigenvalue weighted by Crippen LogP contribution is -2.21. The van der Waals surface area contributed by atoms with E-state index in [4.69, 9.17) is 15.9 Å². The number of aliphatic hydroxyl groups excluding tert-OH is 1. The van der Waals surface area contributed by atoms with E-state index in [0.717, 1.165) is 0 Å². The molecule has 0 aromatic heterocycles. The molecule has 0 aromatic carbocycles. The van der Waals surface area contributed by atoms with Crippen molar-refractivity contribution >= 4 is 0 Å². The van der Waals surface area contributed by atoms with Gasteiger partial charge in [-0.15, -0.1) is 0 Å². The van der Waals surface area contributed by atoms with Gasteiger partial charge < -0.3 is 15.9 Å². The maximum absolute atomic E-state index is 8.62. The largest absolute Gasteiger partial charge is 0.368 e. The molecule has 0 spiro atoms. The molecule has 0 radical (unpaired) electrons. The van der Waals surface area contributed by atoms with Crippen molar-refractivity contribution in [3.8, 4) is 0 Å². The lowest BCUT2D eigenvalue weighted by molar-refractivity contribution is -0.0702. The monoisotopic (exact) mass is 129 g/mol. The molecule has 3 heteroatoms. The Morgan fingerprint density at radius 3 is 2.33 bits per heavy atom. The van der Waals surface area contributed by atoms with Gasteiger partial charge in [-0.25, -0.2) is 0 Å². The highest BCUT2D eigenvalue weighted by atomic mass is 16.5. The van der Waals surface area contributed by atoms with Crippen LogP contribution in [0.25, 0.3) is 0 Å². The highest BCUT2D eigenvalue weighted by Gasteiger charge is 2.20. The Balaban J connectivity index is 2.41. The number of hydrogen-bond donors (Lipinski definition) is 3. The minimum Gasteiger partial charge on any atom is -0.368 e. The Bertz CT molecular complexity index is 122. The Kier molecular flexibility index (Phi) is 1.85. The van der Waals surface area contributed by atoms with Crippen molar-refractivity contribution in [3.63, 3.8) is 0 Å². The van der Waals surface area contributed by atoms with E-state index in [1.165, 1.54) is 0 Å². The van der Waals surface area contributed by atoms with Crippen molar-refractivity contribution < 1.29 is 10.2 Å². The van der Waals surface area contributed by atoms with E-state index in [-0.39, 0.29) is 12.0 Å². The minimum atomic E-state index is -1.24. The van der Waals surface area contributed by atoms with Crippen LogP contribution in [0.15, 0.2) is 12.2 Å². The molecule has 0 saturated heterocycles. The highest BCUT2D eigenvalue weighted by molar-refractivity contribution is 5.05. The van der Waals surface area contributed by atoms with Gasteiger partial charge in [-0.05, 0) is 6.42 Å². The standard InChI is InChI=1S/C6H11NO2/c7-5-2-1-4(3-5)6(8)9/h1-2,4-6,8-9H,3,7H2/t4-,5+/m1/s1. The van der Waals surface area contributed by atoms with E-state index in [2.05, 4.69) is 0 Å². The van der Waals surface area contributed by atoms with Gasteiger partial charge in [-0.3, -0.25) is 0 Å². The summed E-state index contributed by atoms with van der Waals surface area (Å²) >= 11 is 0. The summed E-state index contributed by atoms with van der Waals surface area (Å²) in [6.45, 7) is 0. The van der Waals surface area contributed by atoms with Crippen LogP contribution in [0.4, 0.5) is 0 Å². The summed E-state index contributed by atoms with van der Waals surface area (Å²) in [6.07, 6.45) is 2.95. The Morgan fingerprint density at radius 2 is 2.11 bits per heavy atom. The number of aliphatic hydroxyl groups is 2. The molecule has 9 heavy (non-hydrogen) atoms. The van der Waals surface area contributed by atoms with Crippen LogP contribution < -0.4 is 5.73 Å². The first-order valence-electron chi connectivity index (χ1n) is 3.00. The SMILES string of the molecule is N[C@H]1C=C[C@@H](C(O)O)C1. The maximum Gasteiger partial charge on any atom is 0.157 e. The van der Waals surface area contributed by atoms with Gasteiger partial charge in [0, 0.05) is 12.0 Å². The molecule has 0 aliphatic heterocycles. The molecule has 1 rings (SSSR count). The predicted octanol–water partition coefficient (Wildman–Crippen LogP) is -0.800. The van der Waals surface area contributed by atoms with E-state index in [1.54, 1.807) is 12.2 Å². The summed E-state index contributed by atoms with van der Waals surface area (Å²) in [5.74, 6) is -0.153. The third-order valence-corrected chi connectivity index (χ3v) is 1.53. The maximum atomic E-state index is 8.62. The summed E-state index contributed by atoms with van der Waals surface area (Å²) < 4.78 is 0. The van der Waals surface area contributed by atoms with Crippen LogP contribution in [-0.4, -0.2) is 22.5 Å². The van der Waals surface area contributed by atoms with E-state index < -0.39 is 6.29 Å². The van der Waals surface area contributed by atoms with Crippen molar-refractivity contribution in [2.45, 2.75) is 18.8 Å². The van der Waals surface area contributed by atoms with E-state index in [1.807, 2.05) is 0 Å². The molecule has 1 aliphatic carbocycles. The molecule has 0 bridgehead atoms. The van der Waals surface area contributed by atoms with E-state index in [9.17, 15) is 0 Å². The lowest BCUT2D eigenvalue weighted by atomic mass is 10.1. The van der Waals surface area contributed by atoms with Crippen LogP contribution >= 0.6 is 0 Å². The molecule has 52 valence electrons.